The number of morpholine rings is 1. The van der Waals surface area contributed by atoms with Crippen LogP contribution in [0.3, 0.4) is 0 Å². The molecule has 2 fully saturated rings. The van der Waals surface area contributed by atoms with Crippen LogP contribution in [0.25, 0.3) is 0 Å². The summed E-state index contributed by atoms with van der Waals surface area (Å²) >= 11 is 0. The second kappa shape index (κ2) is 8.99. The average molecular weight is 354 g/mol. The van der Waals surface area contributed by atoms with E-state index in [4.69, 9.17) is 4.74 Å². The first-order valence-electron chi connectivity index (χ1n) is 9.78. The molecule has 2 rings (SSSR count). The van der Waals surface area contributed by atoms with Gasteiger partial charge >= 0.3 is 0 Å². The summed E-state index contributed by atoms with van der Waals surface area (Å²) in [6, 6.07) is -0.701. The van der Waals surface area contributed by atoms with Gasteiger partial charge < -0.3 is 15.0 Å². The third-order valence-corrected chi connectivity index (χ3v) is 5.14. The number of hydrogen-bond donors (Lipinski definition) is 1. The van der Waals surface area contributed by atoms with Crippen LogP contribution in [0.1, 0.15) is 53.9 Å². The molecule has 6 nitrogen and oxygen atoms in total. The van der Waals surface area contributed by atoms with E-state index >= 15 is 0 Å². The smallest absolute Gasteiger partial charge is 0.244 e. The molecule has 25 heavy (non-hydrogen) atoms. The zero-order valence-corrected chi connectivity index (χ0v) is 16.5. The third-order valence-electron chi connectivity index (χ3n) is 5.14. The Kier molecular flexibility index (Phi) is 7.25. The Morgan fingerprint density at radius 2 is 1.56 bits per heavy atom. The van der Waals surface area contributed by atoms with Crippen molar-refractivity contribution in [3.63, 3.8) is 0 Å². The molecule has 0 radical (unpaired) electrons. The standard InChI is InChI=1S/C19H35N3O3/c1-13(2)17(22-11-14(3)25-15(4)12-22)18(23)20-16(5)19(24)21-9-7-6-8-10-21/h13-17H,6-12H2,1-5H3,(H,20,23). The van der Waals surface area contributed by atoms with Gasteiger partial charge in [-0.2, -0.15) is 0 Å². The van der Waals surface area contributed by atoms with Gasteiger partial charge in [-0.25, -0.2) is 0 Å². The van der Waals surface area contributed by atoms with E-state index in [1.807, 2.05) is 18.7 Å². The van der Waals surface area contributed by atoms with Gasteiger partial charge in [0.25, 0.3) is 0 Å². The fourth-order valence-corrected chi connectivity index (χ4v) is 4.08. The van der Waals surface area contributed by atoms with Crippen LogP contribution >= 0.6 is 0 Å². The molecule has 2 aliphatic rings. The van der Waals surface area contributed by atoms with Gasteiger partial charge in [-0.3, -0.25) is 14.5 Å². The first-order chi connectivity index (χ1) is 11.8. The summed E-state index contributed by atoms with van der Waals surface area (Å²) in [6.07, 6.45) is 3.54. The molecule has 0 aromatic heterocycles. The maximum Gasteiger partial charge on any atom is 0.244 e. The second-order valence-electron chi connectivity index (χ2n) is 8.02. The minimum absolute atomic E-state index is 0.0410. The van der Waals surface area contributed by atoms with Crippen LogP contribution in [0.4, 0.5) is 0 Å². The first kappa shape index (κ1) is 20.2. The number of nitrogens with one attached hydrogen (secondary N) is 1. The third kappa shape index (κ3) is 5.42. The highest BCUT2D eigenvalue weighted by molar-refractivity contribution is 5.89. The highest BCUT2D eigenvalue weighted by Gasteiger charge is 2.35. The number of rotatable bonds is 5. The van der Waals surface area contributed by atoms with E-state index in [2.05, 4.69) is 24.1 Å². The van der Waals surface area contributed by atoms with Gasteiger partial charge in [0.15, 0.2) is 0 Å². The van der Waals surface area contributed by atoms with Gasteiger partial charge in [0.2, 0.25) is 11.8 Å². The van der Waals surface area contributed by atoms with Crippen molar-refractivity contribution in [3.05, 3.63) is 0 Å². The van der Waals surface area contributed by atoms with Crippen molar-refractivity contribution in [2.24, 2.45) is 5.92 Å². The topological polar surface area (TPSA) is 61.9 Å². The van der Waals surface area contributed by atoms with E-state index in [1.54, 1.807) is 6.92 Å². The van der Waals surface area contributed by atoms with Crippen LogP contribution in [0, 0.1) is 5.92 Å². The zero-order chi connectivity index (χ0) is 18.6. The van der Waals surface area contributed by atoms with Crippen LogP contribution in [0.5, 0.6) is 0 Å². The number of carbonyl (C=O) groups is 2. The van der Waals surface area contributed by atoms with Crippen molar-refractivity contribution in [1.82, 2.24) is 15.1 Å². The normalized spacial score (nSPS) is 27.8. The molecule has 0 bridgehead atoms. The minimum atomic E-state index is -0.470. The van der Waals surface area contributed by atoms with E-state index in [-0.39, 0.29) is 36.0 Å². The Balaban J connectivity index is 1.98. The molecule has 2 amide bonds. The summed E-state index contributed by atoms with van der Waals surface area (Å²) < 4.78 is 5.79. The van der Waals surface area contributed by atoms with Crippen LogP contribution in [-0.4, -0.2) is 72.1 Å². The van der Waals surface area contributed by atoms with Gasteiger partial charge in [0.05, 0.1) is 18.2 Å². The molecule has 0 aromatic carbocycles. The molecule has 2 saturated heterocycles. The Labute approximate surface area is 152 Å². The molecule has 0 saturated carbocycles. The minimum Gasteiger partial charge on any atom is -0.373 e. The lowest BCUT2D eigenvalue weighted by Crippen LogP contribution is -2.59. The molecule has 0 aromatic rings. The van der Waals surface area contributed by atoms with E-state index in [1.165, 1.54) is 6.42 Å². The maximum atomic E-state index is 12.9. The molecule has 4 atom stereocenters. The molecule has 6 heteroatoms. The number of ether oxygens (including phenoxy) is 1. The summed E-state index contributed by atoms with van der Waals surface area (Å²) in [5, 5.41) is 2.97. The first-order valence-corrected chi connectivity index (χ1v) is 9.78. The Hall–Kier alpha value is -1.14. The summed E-state index contributed by atoms with van der Waals surface area (Å²) in [7, 11) is 0. The lowest BCUT2D eigenvalue weighted by Gasteiger charge is -2.41. The van der Waals surface area contributed by atoms with Crippen LogP contribution in [0.2, 0.25) is 0 Å². The van der Waals surface area contributed by atoms with E-state index < -0.39 is 6.04 Å². The van der Waals surface area contributed by atoms with Crippen LogP contribution in [-0.2, 0) is 14.3 Å². The number of amides is 2. The Morgan fingerprint density at radius 3 is 2.08 bits per heavy atom. The molecule has 1 N–H and O–H groups in total. The Bertz CT molecular complexity index is 453. The van der Waals surface area contributed by atoms with Crippen molar-refractivity contribution >= 4 is 11.8 Å². The van der Waals surface area contributed by atoms with Crippen molar-refractivity contribution in [2.45, 2.75) is 78.2 Å². The second-order valence-corrected chi connectivity index (χ2v) is 8.02. The van der Waals surface area contributed by atoms with Gasteiger partial charge in [0.1, 0.15) is 6.04 Å². The van der Waals surface area contributed by atoms with Gasteiger partial charge in [-0.05, 0) is 46.0 Å². The molecule has 2 heterocycles. The molecular weight excluding hydrogens is 318 g/mol. The van der Waals surface area contributed by atoms with E-state index in [0.717, 1.165) is 39.0 Å². The molecule has 144 valence electrons. The quantitative estimate of drug-likeness (QED) is 0.816. The number of nitrogens with zero attached hydrogens (tertiary/aromatic N) is 2. The molecule has 0 spiro atoms. The Morgan fingerprint density at radius 1 is 1.00 bits per heavy atom. The number of piperidine rings is 1. The monoisotopic (exact) mass is 353 g/mol. The molecule has 4 unspecified atom stereocenters. The largest absolute Gasteiger partial charge is 0.373 e. The van der Waals surface area contributed by atoms with Gasteiger partial charge in [-0.15, -0.1) is 0 Å². The van der Waals surface area contributed by atoms with E-state index in [9.17, 15) is 9.59 Å². The molecule has 2 aliphatic heterocycles. The van der Waals surface area contributed by atoms with Crippen LogP contribution < -0.4 is 5.32 Å². The number of likely N-dealkylation sites (tertiary alicyclic amines) is 1. The van der Waals surface area contributed by atoms with Crippen molar-refractivity contribution in [1.29, 1.82) is 0 Å². The fourth-order valence-electron chi connectivity index (χ4n) is 4.08. The predicted octanol–water partition coefficient (Wildman–Crippen LogP) is 1.64. The predicted molar refractivity (Wildman–Crippen MR) is 98.2 cm³/mol. The molecular formula is C19H35N3O3. The lowest BCUT2D eigenvalue weighted by atomic mass is 9.99. The summed E-state index contributed by atoms with van der Waals surface area (Å²) in [5.74, 6) is 0.170. The fraction of sp³-hybridized carbons (Fsp3) is 0.895. The van der Waals surface area contributed by atoms with Gasteiger partial charge in [-0.1, -0.05) is 13.8 Å². The molecule has 0 aliphatic carbocycles. The summed E-state index contributed by atoms with van der Waals surface area (Å²) in [5.41, 5.74) is 0. The highest BCUT2D eigenvalue weighted by Crippen LogP contribution is 2.19. The summed E-state index contributed by atoms with van der Waals surface area (Å²) in [6.45, 7) is 13.1. The summed E-state index contributed by atoms with van der Waals surface area (Å²) in [4.78, 5) is 29.6. The van der Waals surface area contributed by atoms with Gasteiger partial charge in [0, 0.05) is 26.2 Å². The van der Waals surface area contributed by atoms with Crippen molar-refractivity contribution < 1.29 is 14.3 Å². The van der Waals surface area contributed by atoms with Crippen molar-refractivity contribution in [3.8, 4) is 0 Å². The zero-order valence-electron chi connectivity index (χ0n) is 16.5. The van der Waals surface area contributed by atoms with Crippen LogP contribution in [0.15, 0.2) is 0 Å². The number of hydrogen-bond acceptors (Lipinski definition) is 4. The average Bonchev–Trinajstić information content (AvgIpc) is 2.53. The highest BCUT2D eigenvalue weighted by atomic mass is 16.5. The maximum absolute atomic E-state index is 12.9. The number of carbonyl (C=O) groups excluding carboxylic acids is 2. The lowest BCUT2D eigenvalue weighted by molar-refractivity contribution is -0.141. The van der Waals surface area contributed by atoms with Crippen molar-refractivity contribution in [2.75, 3.05) is 26.2 Å². The SMILES string of the molecule is CC1CN(C(C(=O)NC(C)C(=O)N2CCCCC2)C(C)C)CC(C)O1. The van der Waals surface area contributed by atoms with E-state index in [0.29, 0.717) is 0 Å².